The molecule has 1 fully saturated rings. The maximum absolute atomic E-state index is 5.38. The fourth-order valence-corrected chi connectivity index (χ4v) is 1.90. The fraction of sp³-hybridized carbons (Fsp3) is 0.909. The Balaban J connectivity index is 2.34. The molecule has 0 atom stereocenters. The normalized spacial score (nSPS) is 15.7. The summed E-state index contributed by atoms with van der Waals surface area (Å²) in [7, 11) is 0. The first-order valence-corrected chi connectivity index (χ1v) is 6.09. The average molecular weight is 214 g/mol. The molecule has 1 N–H and O–H groups in total. The SMILES string of the molecule is CCCN(CC1CC1)C(=S)NC(C)C. The van der Waals surface area contributed by atoms with Gasteiger partial charge in [-0.3, -0.25) is 0 Å². The Kier molecular flexibility index (Phi) is 4.66. The number of hydrogen-bond acceptors (Lipinski definition) is 1. The largest absolute Gasteiger partial charge is 0.360 e. The van der Waals surface area contributed by atoms with Crippen LogP contribution in [0, 0.1) is 5.92 Å². The highest BCUT2D eigenvalue weighted by Gasteiger charge is 2.25. The molecule has 14 heavy (non-hydrogen) atoms. The number of nitrogens with one attached hydrogen (secondary N) is 1. The van der Waals surface area contributed by atoms with Gasteiger partial charge in [0.2, 0.25) is 0 Å². The topological polar surface area (TPSA) is 15.3 Å². The lowest BCUT2D eigenvalue weighted by molar-refractivity contribution is 0.389. The zero-order valence-electron chi connectivity index (χ0n) is 9.55. The highest BCUT2D eigenvalue weighted by Crippen LogP contribution is 2.29. The van der Waals surface area contributed by atoms with Gasteiger partial charge in [-0.05, 0) is 51.2 Å². The van der Waals surface area contributed by atoms with Gasteiger partial charge in [0.15, 0.2) is 5.11 Å². The predicted octanol–water partition coefficient (Wildman–Crippen LogP) is 2.39. The van der Waals surface area contributed by atoms with E-state index >= 15 is 0 Å². The zero-order chi connectivity index (χ0) is 10.6. The van der Waals surface area contributed by atoms with E-state index in [0.717, 1.165) is 24.1 Å². The van der Waals surface area contributed by atoms with Gasteiger partial charge in [0.1, 0.15) is 0 Å². The molecule has 0 spiro atoms. The Labute approximate surface area is 93.1 Å². The van der Waals surface area contributed by atoms with Crippen molar-refractivity contribution in [1.29, 1.82) is 0 Å². The fourth-order valence-electron chi connectivity index (χ4n) is 1.50. The molecule has 82 valence electrons. The van der Waals surface area contributed by atoms with Gasteiger partial charge in [0, 0.05) is 19.1 Å². The van der Waals surface area contributed by atoms with Gasteiger partial charge in [0.05, 0.1) is 0 Å². The lowest BCUT2D eigenvalue weighted by atomic mass is 10.3. The molecule has 3 heteroatoms. The van der Waals surface area contributed by atoms with E-state index in [2.05, 4.69) is 31.0 Å². The molecule has 1 saturated carbocycles. The zero-order valence-corrected chi connectivity index (χ0v) is 10.4. The van der Waals surface area contributed by atoms with Crippen molar-refractivity contribution in [3.63, 3.8) is 0 Å². The second kappa shape index (κ2) is 5.54. The van der Waals surface area contributed by atoms with Gasteiger partial charge in [-0.2, -0.15) is 0 Å². The van der Waals surface area contributed by atoms with Gasteiger partial charge < -0.3 is 10.2 Å². The lowest BCUT2D eigenvalue weighted by Crippen LogP contribution is -2.44. The second-order valence-corrected chi connectivity index (χ2v) is 4.88. The number of hydrogen-bond donors (Lipinski definition) is 1. The third kappa shape index (κ3) is 4.27. The van der Waals surface area contributed by atoms with Crippen molar-refractivity contribution >= 4 is 17.3 Å². The van der Waals surface area contributed by atoms with Crippen molar-refractivity contribution in [2.45, 2.75) is 46.1 Å². The second-order valence-electron chi connectivity index (χ2n) is 4.49. The molecular weight excluding hydrogens is 192 g/mol. The van der Waals surface area contributed by atoms with Crippen LogP contribution in [0.25, 0.3) is 0 Å². The molecule has 0 amide bonds. The monoisotopic (exact) mass is 214 g/mol. The minimum absolute atomic E-state index is 0.445. The molecule has 0 radical (unpaired) electrons. The molecule has 0 bridgehead atoms. The van der Waals surface area contributed by atoms with Crippen LogP contribution in [0.3, 0.4) is 0 Å². The van der Waals surface area contributed by atoms with E-state index < -0.39 is 0 Å². The van der Waals surface area contributed by atoms with Gasteiger partial charge >= 0.3 is 0 Å². The third-order valence-electron chi connectivity index (χ3n) is 2.37. The summed E-state index contributed by atoms with van der Waals surface area (Å²) in [5, 5.41) is 4.26. The molecule has 0 aromatic rings. The first-order valence-electron chi connectivity index (χ1n) is 5.69. The smallest absolute Gasteiger partial charge is 0.169 e. The van der Waals surface area contributed by atoms with Gasteiger partial charge in [-0.1, -0.05) is 6.92 Å². The first kappa shape index (κ1) is 11.8. The van der Waals surface area contributed by atoms with Crippen LogP contribution < -0.4 is 5.32 Å². The van der Waals surface area contributed by atoms with Crippen LogP contribution in [0.5, 0.6) is 0 Å². The Morgan fingerprint density at radius 1 is 1.50 bits per heavy atom. The molecule has 0 aromatic carbocycles. The summed E-state index contributed by atoms with van der Waals surface area (Å²) in [5.41, 5.74) is 0. The summed E-state index contributed by atoms with van der Waals surface area (Å²) >= 11 is 5.38. The van der Waals surface area contributed by atoms with E-state index in [1.807, 2.05) is 0 Å². The van der Waals surface area contributed by atoms with Crippen LogP contribution in [0.1, 0.15) is 40.0 Å². The molecule has 1 aliphatic carbocycles. The summed E-state index contributed by atoms with van der Waals surface area (Å²) in [5.74, 6) is 0.911. The summed E-state index contributed by atoms with van der Waals surface area (Å²) < 4.78 is 0. The van der Waals surface area contributed by atoms with Crippen LogP contribution in [-0.4, -0.2) is 29.1 Å². The Morgan fingerprint density at radius 2 is 2.14 bits per heavy atom. The van der Waals surface area contributed by atoms with E-state index in [9.17, 15) is 0 Å². The first-order chi connectivity index (χ1) is 6.63. The van der Waals surface area contributed by atoms with Crippen molar-refractivity contribution in [2.75, 3.05) is 13.1 Å². The van der Waals surface area contributed by atoms with E-state index in [1.54, 1.807) is 0 Å². The van der Waals surface area contributed by atoms with Crippen LogP contribution in [0.4, 0.5) is 0 Å². The van der Waals surface area contributed by atoms with Crippen molar-refractivity contribution < 1.29 is 0 Å². The maximum atomic E-state index is 5.38. The standard InChI is InChI=1S/C11H22N2S/c1-4-7-13(8-10-5-6-10)11(14)12-9(2)3/h9-10H,4-8H2,1-3H3,(H,12,14). The number of nitrogens with zero attached hydrogens (tertiary/aromatic N) is 1. The lowest BCUT2D eigenvalue weighted by Gasteiger charge is -2.26. The van der Waals surface area contributed by atoms with Crippen LogP contribution in [0.15, 0.2) is 0 Å². The van der Waals surface area contributed by atoms with Gasteiger partial charge in [-0.25, -0.2) is 0 Å². The van der Waals surface area contributed by atoms with Crippen LogP contribution >= 0.6 is 12.2 Å². The third-order valence-corrected chi connectivity index (χ3v) is 2.74. The number of thiocarbonyl (C=S) groups is 1. The summed E-state index contributed by atoms with van der Waals surface area (Å²) in [4.78, 5) is 2.33. The summed E-state index contributed by atoms with van der Waals surface area (Å²) in [6.07, 6.45) is 3.96. The van der Waals surface area contributed by atoms with Gasteiger partial charge in [0.25, 0.3) is 0 Å². The molecule has 0 aromatic heterocycles. The minimum atomic E-state index is 0.445. The molecule has 1 aliphatic rings. The molecule has 1 rings (SSSR count). The van der Waals surface area contributed by atoms with Crippen molar-refractivity contribution in [3.05, 3.63) is 0 Å². The highest BCUT2D eigenvalue weighted by molar-refractivity contribution is 7.80. The van der Waals surface area contributed by atoms with E-state index in [0.29, 0.717) is 6.04 Å². The summed E-state index contributed by atoms with van der Waals surface area (Å²) in [6.45, 7) is 8.72. The maximum Gasteiger partial charge on any atom is 0.169 e. The van der Waals surface area contributed by atoms with E-state index in [1.165, 1.54) is 19.3 Å². The Morgan fingerprint density at radius 3 is 2.57 bits per heavy atom. The minimum Gasteiger partial charge on any atom is -0.360 e. The van der Waals surface area contributed by atoms with E-state index in [-0.39, 0.29) is 0 Å². The Bertz CT molecular complexity index is 188. The number of rotatable bonds is 5. The molecular formula is C11H22N2S. The quantitative estimate of drug-likeness (QED) is 0.708. The molecule has 2 nitrogen and oxygen atoms in total. The molecule has 0 unspecified atom stereocenters. The van der Waals surface area contributed by atoms with Gasteiger partial charge in [-0.15, -0.1) is 0 Å². The van der Waals surface area contributed by atoms with Crippen molar-refractivity contribution in [1.82, 2.24) is 10.2 Å². The average Bonchev–Trinajstić information content (AvgIpc) is 2.86. The predicted molar refractivity (Wildman–Crippen MR) is 65.5 cm³/mol. The van der Waals surface area contributed by atoms with Crippen molar-refractivity contribution in [3.8, 4) is 0 Å². The molecule has 0 heterocycles. The van der Waals surface area contributed by atoms with Crippen LogP contribution in [-0.2, 0) is 0 Å². The highest BCUT2D eigenvalue weighted by atomic mass is 32.1. The van der Waals surface area contributed by atoms with Crippen LogP contribution in [0.2, 0.25) is 0 Å². The summed E-state index contributed by atoms with van der Waals surface area (Å²) in [6, 6.07) is 0.445. The van der Waals surface area contributed by atoms with E-state index in [4.69, 9.17) is 12.2 Å². The molecule has 0 saturated heterocycles. The molecule has 0 aliphatic heterocycles. The Hall–Kier alpha value is -0.310. The van der Waals surface area contributed by atoms with Crippen molar-refractivity contribution in [2.24, 2.45) is 5.92 Å².